The number of halogens is 1. The number of rotatable bonds is 6. The van der Waals surface area contributed by atoms with Crippen molar-refractivity contribution in [1.29, 1.82) is 0 Å². The Kier molecular flexibility index (Phi) is 5.23. The first kappa shape index (κ1) is 15.1. The summed E-state index contributed by atoms with van der Waals surface area (Å²) >= 11 is 6.45. The van der Waals surface area contributed by atoms with Crippen molar-refractivity contribution in [2.75, 3.05) is 27.7 Å². The molecule has 18 heavy (non-hydrogen) atoms. The highest BCUT2D eigenvalue weighted by molar-refractivity contribution is 6.32. The molecule has 0 saturated carbocycles. The minimum atomic E-state index is 0.718. The molecular formula is C13H23ClN4. The normalized spacial score (nSPS) is 11.1. The summed E-state index contributed by atoms with van der Waals surface area (Å²) in [7, 11) is 5.96. The molecule has 0 unspecified atom stereocenters. The van der Waals surface area contributed by atoms with Gasteiger partial charge in [0, 0.05) is 27.2 Å². The molecule has 1 rings (SSSR count). The van der Waals surface area contributed by atoms with Gasteiger partial charge in [0.05, 0.1) is 16.4 Å². The first-order chi connectivity index (χ1) is 8.42. The van der Waals surface area contributed by atoms with Crippen molar-refractivity contribution >= 4 is 17.3 Å². The topological polar surface area (TPSA) is 24.3 Å². The zero-order chi connectivity index (χ0) is 13.9. The van der Waals surface area contributed by atoms with Crippen molar-refractivity contribution in [3.8, 4) is 0 Å². The molecule has 0 fully saturated rings. The van der Waals surface area contributed by atoms with Crippen LogP contribution in [0.1, 0.15) is 25.2 Å². The molecule has 0 bridgehead atoms. The fourth-order valence-corrected chi connectivity index (χ4v) is 1.96. The Morgan fingerprint density at radius 3 is 2.39 bits per heavy atom. The van der Waals surface area contributed by atoms with Gasteiger partial charge in [-0.1, -0.05) is 25.1 Å². The Bertz CT molecular complexity index is 423. The molecule has 0 aliphatic rings. The van der Waals surface area contributed by atoms with E-state index in [9.17, 15) is 0 Å². The Morgan fingerprint density at radius 1 is 1.33 bits per heavy atom. The van der Waals surface area contributed by atoms with E-state index in [1.54, 1.807) is 0 Å². The second-order valence-corrected chi connectivity index (χ2v) is 4.97. The highest BCUT2D eigenvalue weighted by Gasteiger charge is 2.19. The predicted molar refractivity (Wildman–Crippen MR) is 77.6 cm³/mol. The first-order valence-electron chi connectivity index (χ1n) is 6.22. The molecule has 0 N–H and O–H groups in total. The van der Waals surface area contributed by atoms with E-state index in [4.69, 9.17) is 11.6 Å². The van der Waals surface area contributed by atoms with Crippen LogP contribution in [0.3, 0.4) is 0 Å². The van der Waals surface area contributed by atoms with E-state index in [0.29, 0.717) is 0 Å². The van der Waals surface area contributed by atoms with Crippen molar-refractivity contribution < 1.29 is 0 Å². The average Bonchev–Trinajstić information content (AvgIpc) is 2.65. The van der Waals surface area contributed by atoms with Crippen LogP contribution in [-0.2, 0) is 13.1 Å². The van der Waals surface area contributed by atoms with E-state index < -0.39 is 0 Å². The largest absolute Gasteiger partial charge is 0.376 e. The summed E-state index contributed by atoms with van der Waals surface area (Å²) < 4.78 is 1.96. The van der Waals surface area contributed by atoms with Gasteiger partial charge in [-0.05, 0) is 20.5 Å². The summed E-state index contributed by atoms with van der Waals surface area (Å²) in [5.41, 5.74) is 2.68. The molecule has 4 nitrogen and oxygen atoms in total. The molecule has 1 heterocycles. The predicted octanol–water partition coefficient (Wildman–Crippen LogP) is 2.54. The summed E-state index contributed by atoms with van der Waals surface area (Å²) in [5, 5.41) is 5.27. The minimum absolute atomic E-state index is 0.718. The molecule has 0 aromatic carbocycles. The second kappa shape index (κ2) is 6.25. The van der Waals surface area contributed by atoms with Crippen molar-refractivity contribution in [3.63, 3.8) is 0 Å². The van der Waals surface area contributed by atoms with Crippen LogP contribution in [0, 0.1) is 0 Å². The smallest absolute Gasteiger partial charge is 0.127 e. The third kappa shape index (κ3) is 3.06. The number of nitrogens with zero attached hydrogens (tertiary/aromatic N) is 4. The van der Waals surface area contributed by atoms with Crippen LogP contribution in [-0.4, -0.2) is 47.3 Å². The average molecular weight is 271 g/mol. The second-order valence-electron chi connectivity index (χ2n) is 4.60. The SMILES string of the molecule is C=C(c1nn(CC)c(CN(C)CC)c1Cl)N(C)C. The Hall–Kier alpha value is -1.00. The zero-order valence-electron chi connectivity index (χ0n) is 12.0. The van der Waals surface area contributed by atoms with Gasteiger partial charge in [-0.15, -0.1) is 0 Å². The van der Waals surface area contributed by atoms with Gasteiger partial charge in [-0.3, -0.25) is 4.68 Å². The third-order valence-corrected chi connectivity index (χ3v) is 3.46. The number of hydrogen-bond donors (Lipinski definition) is 0. The van der Waals surface area contributed by atoms with Gasteiger partial charge in [-0.2, -0.15) is 5.10 Å². The summed E-state index contributed by atoms with van der Waals surface area (Å²) in [6.07, 6.45) is 0. The molecule has 0 radical (unpaired) electrons. The summed E-state index contributed by atoms with van der Waals surface area (Å²) in [4.78, 5) is 4.14. The van der Waals surface area contributed by atoms with Gasteiger partial charge in [0.2, 0.25) is 0 Å². The van der Waals surface area contributed by atoms with E-state index in [1.807, 2.05) is 23.7 Å². The monoisotopic (exact) mass is 270 g/mol. The minimum Gasteiger partial charge on any atom is -0.376 e. The lowest BCUT2D eigenvalue weighted by Crippen LogP contribution is -2.19. The van der Waals surface area contributed by atoms with Crippen LogP contribution in [0.5, 0.6) is 0 Å². The zero-order valence-corrected chi connectivity index (χ0v) is 12.8. The molecule has 1 aromatic rings. The summed E-state index contributed by atoms with van der Waals surface area (Å²) in [6, 6.07) is 0. The van der Waals surface area contributed by atoms with Crippen molar-refractivity contribution in [2.45, 2.75) is 26.9 Å². The number of aromatic nitrogens is 2. The van der Waals surface area contributed by atoms with Crippen LogP contribution in [0.25, 0.3) is 5.70 Å². The highest BCUT2D eigenvalue weighted by Crippen LogP contribution is 2.27. The molecule has 0 aliphatic heterocycles. The van der Waals surface area contributed by atoms with Crippen LogP contribution >= 0.6 is 11.6 Å². The van der Waals surface area contributed by atoms with Crippen molar-refractivity contribution in [3.05, 3.63) is 23.0 Å². The lowest BCUT2D eigenvalue weighted by Gasteiger charge is -2.15. The van der Waals surface area contributed by atoms with E-state index in [2.05, 4.69) is 37.5 Å². The standard InChI is InChI=1S/C13H23ClN4/c1-7-17(6)9-11-12(14)13(10(3)16(4)5)15-18(11)8-2/h3,7-9H2,1-2,4-6H3. The van der Waals surface area contributed by atoms with Gasteiger partial charge < -0.3 is 9.80 Å². The quantitative estimate of drug-likeness (QED) is 0.794. The summed E-state index contributed by atoms with van der Waals surface area (Å²) in [6.45, 7) is 10.8. The lowest BCUT2D eigenvalue weighted by atomic mass is 10.2. The van der Waals surface area contributed by atoms with Gasteiger partial charge in [0.1, 0.15) is 5.69 Å². The van der Waals surface area contributed by atoms with E-state index in [-0.39, 0.29) is 0 Å². The Morgan fingerprint density at radius 2 is 1.94 bits per heavy atom. The van der Waals surface area contributed by atoms with Crippen LogP contribution in [0.2, 0.25) is 5.02 Å². The van der Waals surface area contributed by atoms with Gasteiger partial charge in [-0.25, -0.2) is 0 Å². The fraction of sp³-hybridized carbons (Fsp3) is 0.615. The third-order valence-electron chi connectivity index (χ3n) is 3.07. The summed E-state index contributed by atoms with van der Waals surface area (Å²) in [5.74, 6) is 0. The molecule has 0 atom stereocenters. The van der Waals surface area contributed by atoms with Crippen molar-refractivity contribution in [2.24, 2.45) is 0 Å². The van der Waals surface area contributed by atoms with Gasteiger partial charge in [0.25, 0.3) is 0 Å². The van der Waals surface area contributed by atoms with Crippen LogP contribution in [0.4, 0.5) is 0 Å². The highest BCUT2D eigenvalue weighted by atomic mass is 35.5. The number of aryl methyl sites for hydroxylation is 1. The first-order valence-corrected chi connectivity index (χ1v) is 6.60. The van der Waals surface area contributed by atoms with E-state index in [1.165, 1.54) is 0 Å². The molecule has 5 heteroatoms. The van der Waals surface area contributed by atoms with Crippen LogP contribution in [0.15, 0.2) is 6.58 Å². The fourth-order valence-electron chi connectivity index (χ4n) is 1.65. The Balaban J connectivity index is 3.14. The molecule has 0 amide bonds. The van der Waals surface area contributed by atoms with Gasteiger partial charge in [0.15, 0.2) is 0 Å². The van der Waals surface area contributed by atoms with Gasteiger partial charge >= 0.3 is 0 Å². The Labute approximate surface area is 115 Å². The molecule has 0 aliphatic carbocycles. The van der Waals surface area contributed by atoms with Crippen molar-refractivity contribution in [1.82, 2.24) is 19.6 Å². The molecule has 1 aromatic heterocycles. The molecular weight excluding hydrogens is 248 g/mol. The number of hydrogen-bond acceptors (Lipinski definition) is 3. The van der Waals surface area contributed by atoms with E-state index in [0.717, 1.165) is 41.7 Å². The maximum Gasteiger partial charge on any atom is 0.127 e. The molecule has 0 spiro atoms. The maximum absolute atomic E-state index is 6.45. The lowest BCUT2D eigenvalue weighted by molar-refractivity contribution is 0.332. The maximum atomic E-state index is 6.45. The van der Waals surface area contributed by atoms with E-state index >= 15 is 0 Å². The molecule has 0 saturated heterocycles. The molecule has 102 valence electrons. The van der Waals surface area contributed by atoms with Crippen LogP contribution < -0.4 is 0 Å².